The van der Waals surface area contributed by atoms with E-state index in [2.05, 4.69) is 11.4 Å². The lowest BCUT2D eigenvalue weighted by molar-refractivity contribution is 0.194. The van der Waals surface area contributed by atoms with Gasteiger partial charge in [0, 0.05) is 11.6 Å². The summed E-state index contributed by atoms with van der Waals surface area (Å²) in [5.41, 5.74) is 3.26. The quantitative estimate of drug-likeness (QED) is 0.611. The summed E-state index contributed by atoms with van der Waals surface area (Å²) in [6, 6.07) is 21.1. The zero-order chi connectivity index (χ0) is 18.8. The van der Waals surface area contributed by atoms with Crippen LogP contribution < -0.4 is 5.32 Å². The average molecular weight is 381 g/mol. The van der Waals surface area contributed by atoms with Crippen molar-refractivity contribution in [1.29, 1.82) is 0 Å². The Morgan fingerprint density at radius 1 is 0.963 bits per heavy atom. The first-order valence-corrected chi connectivity index (χ1v) is 9.17. The fourth-order valence-corrected chi connectivity index (χ4v) is 3.81. The molecule has 1 heterocycles. The van der Waals surface area contributed by atoms with Gasteiger partial charge in [-0.15, -0.1) is 0 Å². The summed E-state index contributed by atoms with van der Waals surface area (Å²) in [7, 11) is 0. The molecular weight excluding hydrogens is 363 g/mol. The van der Waals surface area contributed by atoms with E-state index in [1.807, 2.05) is 42.5 Å². The number of hydrogen-bond donors (Lipinski definition) is 1. The third-order valence-electron chi connectivity index (χ3n) is 4.86. The molecule has 0 spiro atoms. The van der Waals surface area contributed by atoms with E-state index >= 15 is 0 Å². The Bertz CT molecular complexity index is 991. The second kappa shape index (κ2) is 7.41. The number of benzene rings is 3. The fourth-order valence-electron chi connectivity index (χ4n) is 3.57. The number of fused-ring (bicyclic) bond motifs is 1. The number of rotatable bonds is 2. The van der Waals surface area contributed by atoms with Gasteiger partial charge in [0.1, 0.15) is 5.82 Å². The SMILES string of the molecule is O=C(Nc1ccccc1F)N1CCc2ccccc2C1c1ccccc1Cl. The van der Waals surface area contributed by atoms with Crippen LogP contribution in [0.25, 0.3) is 0 Å². The van der Waals surface area contributed by atoms with Crippen LogP contribution in [0.4, 0.5) is 14.9 Å². The number of anilines is 1. The molecule has 27 heavy (non-hydrogen) atoms. The molecule has 0 saturated heterocycles. The second-order valence-electron chi connectivity index (χ2n) is 6.48. The van der Waals surface area contributed by atoms with Gasteiger partial charge in [0.2, 0.25) is 0 Å². The Hall–Kier alpha value is -2.85. The van der Waals surface area contributed by atoms with Crippen LogP contribution in [0.5, 0.6) is 0 Å². The smallest absolute Gasteiger partial charge is 0.313 e. The lowest BCUT2D eigenvalue weighted by Gasteiger charge is -2.38. The summed E-state index contributed by atoms with van der Waals surface area (Å²) in [6.45, 7) is 0.521. The van der Waals surface area contributed by atoms with E-state index in [1.54, 1.807) is 23.1 Å². The van der Waals surface area contributed by atoms with Crippen LogP contribution in [-0.2, 0) is 6.42 Å². The number of carbonyl (C=O) groups is 1. The van der Waals surface area contributed by atoms with Crippen LogP contribution >= 0.6 is 11.6 Å². The molecule has 0 radical (unpaired) electrons. The summed E-state index contributed by atoms with van der Waals surface area (Å²) >= 11 is 6.46. The first-order chi connectivity index (χ1) is 13.1. The zero-order valence-corrected chi connectivity index (χ0v) is 15.3. The molecule has 0 aromatic heterocycles. The molecule has 1 aliphatic heterocycles. The first kappa shape index (κ1) is 17.6. The summed E-state index contributed by atoms with van der Waals surface area (Å²) in [5.74, 6) is -0.461. The Labute approximate surface area is 162 Å². The summed E-state index contributed by atoms with van der Waals surface area (Å²) in [6.07, 6.45) is 0.738. The van der Waals surface area contributed by atoms with Crippen LogP contribution in [0.3, 0.4) is 0 Å². The maximum Gasteiger partial charge on any atom is 0.322 e. The van der Waals surface area contributed by atoms with E-state index < -0.39 is 5.82 Å². The van der Waals surface area contributed by atoms with Crippen molar-refractivity contribution in [1.82, 2.24) is 4.90 Å². The number of nitrogens with zero attached hydrogens (tertiary/aromatic N) is 1. The highest BCUT2D eigenvalue weighted by molar-refractivity contribution is 6.31. The molecule has 0 fully saturated rings. The molecule has 1 atom stereocenters. The Morgan fingerprint density at radius 2 is 1.63 bits per heavy atom. The number of nitrogens with one attached hydrogen (secondary N) is 1. The van der Waals surface area contributed by atoms with Gasteiger partial charge in [-0.1, -0.05) is 66.2 Å². The van der Waals surface area contributed by atoms with Gasteiger partial charge < -0.3 is 10.2 Å². The summed E-state index contributed by atoms with van der Waals surface area (Å²) in [4.78, 5) is 14.7. The molecule has 0 saturated carbocycles. The van der Waals surface area contributed by atoms with Gasteiger partial charge >= 0.3 is 6.03 Å². The van der Waals surface area contributed by atoms with Gasteiger partial charge in [-0.05, 0) is 41.3 Å². The number of para-hydroxylation sites is 1. The molecule has 1 unspecified atom stereocenters. The highest BCUT2D eigenvalue weighted by atomic mass is 35.5. The molecule has 3 aromatic rings. The van der Waals surface area contributed by atoms with Crippen molar-refractivity contribution >= 4 is 23.3 Å². The first-order valence-electron chi connectivity index (χ1n) is 8.79. The number of hydrogen-bond acceptors (Lipinski definition) is 1. The number of amides is 2. The van der Waals surface area contributed by atoms with E-state index in [4.69, 9.17) is 11.6 Å². The molecule has 5 heteroatoms. The molecule has 4 rings (SSSR count). The van der Waals surface area contributed by atoms with Gasteiger partial charge in [0.25, 0.3) is 0 Å². The van der Waals surface area contributed by atoms with E-state index in [-0.39, 0.29) is 17.8 Å². The molecule has 1 N–H and O–H groups in total. The fraction of sp³-hybridized carbons (Fsp3) is 0.136. The van der Waals surface area contributed by atoms with Crippen molar-refractivity contribution in [2.75, 3.05) is 11.9 Å². The Kier molecular flexibility index (Phi) is 4.82. The summed E-state index contributed by atoms with van der Waals surface area (Å²) < 4.78 is 14.0. The Morgan fingerprint density at radius 3 is 2.41 bits per heavy atom. The molecule has 3 nitrogen and oxygen atoms in total. The minimum Gasteiger partial charge on any atom is -0.313 e. The number of carbonyl (C=O) groups excluding carboxylic acids is 1. The molecule has 0 aliphatic carbocycles. The van der Waals surface area contributed by atoms with Gasteiger partial charge in [-0.2, -0.15) is 0 Å². The standard InChI is InChI=1S/C22H18ClFN2O/c23-18-10-4-3-9-17(18)21-16-8-2-1-7-15(16)13-14-26(21)22(27)25-20-12-6-5-11-19(20)24/h1-12,21H,13-14H2,(H,25,27). The minimum atomic E-state index is -0.461. The van der Waals surface area contributed by atoms with Crippen molar-refractivity contribution in [2.45, 2.75) is 12.5 Å². The number of halogens is 2. The number of urea groups is 1. The maximum atomic E-state index is 14.0. The maximum absolute atomic E-state index is 14.0. The minimum absolute atomic E-state index is 0.166. The van der Waals surface area contributed by atoms with E-state index in [0.29, 0.717) is 11.6 Å². The van der Waals surface area contributed by atoms with Crippen LogP contribution in [0.2, 0.25) is 5.02 Å². The highest BCUT2D eigenvalue weighted by Crippen LogP contribution is 2.38. The molecule has 2 amide bonds. The van der Waals surface area contributed by atoms with Crippen LogP contribution in [0, 0.1) is 5.82 Å². The molecule has 1 aliphatic rings. The Balaban J connectivity index is 1.74. The summed E-state index contributed by atoms with van der Waals surface area (Å²) in [5, 5.41) is 3.30. The van der Waals surface area contributed by atoms with Crippen molar-refractivity contribution in [3.05, 3.63) is 100 Å². The predicted molar refractivity (Wildman–Crippen MR) is 106 cm³/mol. The van der Waals surface area contributed by atoms with Crippen molar-refractivity contribution in [3.8, 4) is 0 Å². The van der Waals surface area contributed by atoms with E-state index in [0.717, 1.165) is 17.5 Å². The normalized spacial score (nSPS) is 15.9. The van der Waals surface area contributed by atoms with Gasteiger partial charge in [-0.3, -0.25) is 0 Å². The predicted octanol–water partition coefficient (Wildman–Crippen LogP) is 5.66. The van der Waals surface area contributed by atoms with E-state index in [1.165, 1.54) is 11.6 Å². The molecular formula is C22H18ClFN2O. The second-order valence-corrected chi connectivity index (χ2v) is 6.88. The van der Waals surface area contributed by atoms with Gasteiger partial charge in [0.15, 0.2) is 0 Å². The van der Waals surface area contributed by atoms with Gasteiger partial charge in [-0.25, -0.2) is 9.18 Å². The third-order valence-corrected chi connectivity index (χ3v) is 5.20. The largest absolute Gasteiger partial charge is 0.322 e. The topological polar surface area (TPSA) is 32.3 Å². The van der Waals surface area contributed by atoms with Gasteiger partial charge in [0.05, 0.1) is 11.7 Å². The molecule has 3 aromatic carbocycles. The van der Waals surface area contributed by atoms with E-state index in [9.17, 15) is 9.18 Å². The monoisotopic (exact) mass is 380 g/mol. The molecule has 136 valence electrons. The van der Waals surface area contributed by atoms with Crippen LogP contribution in [0.15, 0.2) is 72.8 Å². The molecule has 0 bridgehead atoms. The van der Waals surface area contributed by atoms with Crippen molar-refractivity contribution in [2.24, 2.45) is 0 Å². The zero-order valence-electron chi connectivity index (χ0n) is 14.5. The van der Waals surface area contributed by atoms with Crippen LogP contribution in [-0.4, -0.2) is 17.5 Å². The van der Waals surface area contributed by atoms with Crippen LogP contribution in [0.1, 0.15) is 22.7 Å². The highest BCUT2D eigenvalue weighted by Gasteiger charge is 2.33. The third kappa shape index (κ3) is 3.40. The average Bonchev–Trinajstić information content (AvgIpc) is 2.69. The van der Waals surface area contributed by atoms with Crippen molar-refractivity contribution in [3.63, 3.8) is 0 Å². The van der Waals surface area contributed by atoms with Crippen molar-refractivity contribution < 1.29 is 9.18 Å². The lowest BCUT2D eigenvalue weighted by Crippen LogP contribution is -2.43. The lowest BCUT2D eigenvalue weighted by atomic mass is 9.88.